The summed E-state index contributed by atoms with van der Waals surface area (Å²) in [5.74, 6) is -0.375. The van der Waals surface area contributed by atoms with Gasteiger partial charge in [-0.15, -0.1) is 11.3 Å². The summed E-state index contributed by atoms with van der Waals surface area (Å²) in [6, 6.07) is 19.5. The van der Waals surface area contributed by atoms with Gasteiger partial charge in [-0.05, 0) is 29.3 Å². The van der Waals surface area contributed by atoms with E-state index in [2.05, 4.69) is 0 Å². The number of rotatable bonds is 5. The van der Waals surface area contributed by atoms with E-state index in [-0.39, 0.29) is 18.4 Å². The number of carbonyl (C=O) groups excluding carboxylic acids is 2. The minimum absolute atomic E-state index is 0.0147. The van der Waals surface area contributed by atoms with Gasteiger partial charge in [0.15, 0.2) is 0 Å². The molecule has 0 atom stereocenters. The zero-order chi connectivity index (χ0) is 23.7. The second-order valence-electron chi connectivity index (χ2n) is 7.99. The van der Waals surface area contributed by atoms with E-state index in [0.29, 0.717) is 36.2 Å². The fourth-order valence-corrected chi connectivity index (χ4v) is 5.59. The van der Waals surface area contributed by atoms with Crippen molar-refractivity contribution in [3.8, 4) is 22.4 Å². The zero-order valence-corrected chi connectivity index (χ0v) is 20.2. The third-order valence-electron chi connectivity index (χ3n) is 5.96. The van der Waals surface area contributed by atoms with Crippen molar-refractivity contribution in [1.82, 2.24) is 9.47 Å². The monoisotopic (exact) mass is 494 g/mol. The molecule has 0 spiro atoms. The quantitative estimate of drug-likeness (QED) is 0.351. The highest BCUT2D eigenvalue weighted by Crippen LogP contribution is 2.45. The van der Waals surface area contributed by atoms with Crippen LogP contribution in [0.5, 0.6) is 0 Å². The topological polar surface area (TPSA) is 60.8 Å². The molecule has 1 aliphatic rings. The van der Waals surface area contributed by atoms with Gasteiger partial charge in [-0.2, -0.15) is 0 Å². The molecule has 6 nitrogen and oxygen atoms in total. The number of thiophene rings is 1. The maximum Gasteiger partial charge on any atom is 0.348 e. The molecule has 0 bridgehead atoms. The Morgan fingerprint density at radius 1 is 1.03 bits per heavy atom. The number of aromatic nitrogens is 1. The first-order chi connectivity index (χ1) is 16.6. The van der Waals surface area contributed by atoms with Gasteiger partial charge >= 0.3 is 5.97 Å². The maximum absolute atomic E-state index is 13.3. The summed E-state index contributed by atoms with van der Waals surface area (Å²) in [5, 5.41) is 0.641. The number of carbonyl (C=O) groups is 2. The molecule has 0 unspecified atom stereocenters. The summed E-state index contributed by atoms with van der Waals surface area (Å²) < 4.78 is 13.4. The summed E-state index contributed by atoms with van der Waals surface area (Å²) >= 11 is 7.56. The molecule has 0 aliphatic carbocycles. The van der Waals surface area contributed by atoms with E-state index in [9.17, 15) is 9.59 Å². The van der Waals surface area contributed by atoms with E-state index in [0.717, 1.165) is 32.6 Å². The Balaban J connectivity index is 1.75. The van der Waals surface area contributed by atoms with Gasteiger partial charge in [-0.3, -0.25) is 4.79 Å². The summed E-state index contributed by atoms with van der Waals surface area (Å²) in [6.45, 7) is 2.37. The molecule has 8 heteroatoms. The molecule has 0 saturated carbocycles. The molecule has 34 heavy (non-hydrogen) atoms. The van der Waals surface area contributed by atoms with Gasteiger partial charge in [0, 0.05) is 23.7 Å². The second-order valence-corrected chi connectivity index (χ2v) is 9.48. The van der Waals surface area contributed by atoms with Crippen LogP contribution in [-0.4, -0.2) is 54.8 Å². The molecular weight excluding hydrogens is 472 g/mol. The van der Waals surface area contributed by atoms with Crippen molar-refractivity contribution < 1.29 is 19.1 Å². The zero-order valence-electron chi connectivity index (χ0n) is 18.6. The van der Waals surface area contributed by atoms with Crippen molar-refractivity contribution in [2.45, 2.75) is 6.54 Å². The first kappa shape index (κ1) is 22.7. The predicted octanol–water partition coefficient (Wildman–Crippen LogP) is 5.34. The van der Waals surface area contributed by atoms with Crippen molar-refractivity contribution in [2.24, 2.45) is 0 Å². The van der Waals surface area contributed by atoms with Gasteiger partial charge < -0.3 is 18.9 Å². The highest BCUT2D eigenvalue weighted by atomic mass is 35.5. The highest BCUT2D eigenvalue weighted by molar-refractivity contribution is 7.21. The molecule has 2 aromatic heterocycles. The van der Waals surface area contributed by atoms with E-state index < -0.39 is 0 Å². The van der Waals surface area contributed by atoms with Crippen molar-refractivity contribution in [3.63, 3.8) is 0 Å². The molecule has 2 aromatic carbocycles. The lowest BCUT2D eigenvalue weighted by molar-refractivity contribution is -0.135. The van der Waals surface area contributed by atoms with Crippen molar-refractivity contribution in [2.75, 3.05) is 33.4 Å². The van der Waals surface area contributed by atoms with Gasteiger partial charge in [-0.1, -0.05) is 54.1 Å². The number of benzene rings is 2. The van der Waals surface area contributed by atoms with Crippen LogP contribution in [0.15, 0.2) is 60.7 Å². The number of ether oxygens (including phenoxy) is 2. The van der Waals surface area contributed by atoms with E-state index in [1.54, 1.807) is 0 Å². The number of halogens is 1. The lowest BCUT2D eigenvalue weighted by Gasteiger charge is -2.27. The van der Waals surface area contributed by atoms with Gasteiger partial charge in [0.1, 0.15) is 11.4 Å². The molecule has 0 N–H and O–H groups in total. The number of esters is 1. The van der Waals surface area contributed by atoms with Crippen LogP contribution in [0.1, 0.15) is 9.67 Å². The average molecular weight is 495 g/mol. The first-order valence-electron chi connectivity index (χ1n) is 11.0. The Morgan fingerprint density at radius 2 is 1.74 bits per heavy atom. The van der Waals surface area contributed by atoms with Gasteiger partial charge in [0.25, 0.3) is 0 Å². The number of hydrogen-bond donors (Lipinski definition) is 0. The fraction of sp³-hybridized carbons (Fsp3) is 0.231. The van der Waals surface area contributed by atoms with Gasteiger partial charge in [0.2, 0.25) is 5.91 Å². The van der Waals surface area contributed by atoms with Crippen LogP contribution >= 0.6 is 22.9 Å². The Labute approximate surface area is 206 Å². The maximum atomic E-state index is 13.3. The van der Waals surface area contributed by atoms with Crippen LogP contribution in [-0.2, 0) is 20.8 Å². The second kappa shape index (κ2) is 9.62. The molecule has 1 fully saturated rings. The van der Waals surface area contributed by atoms with Crippen LogP contribution in [0.3, 0.4) is 0 Å². The smallest absolute Gasteiger partial charge is 0.348 e. The Kier molecular flexibility index (Phi) is 6.41. The van der Waals surface area contributed by atoms with Crippen LogP contribution in [0.25, 0.3) is 32.6 Å². The van der Waals surface area contributed by atoms with Crippen LogP contribution in [0, 0.1) is 0 Å². The molecule has 0 radical (unpaired) electrons. The molecule has 5 rings (SSSR count). The minimum Gasteiger partial charge on any atom is -0.465 e. The number of morpholine rings is 1. The van der Waals surface area contributed by atoms with Gasteiger partial charge in [-0.25, -0.2) is 4.79 Å². The van der Waals surface area contributed by atoms with E-state index in [1.807, 2.05) is 70.1 Å². The molecule has 174 valence electrons. The molecule has 3 heterocycles. The third-order valence-corrected chi connectivity index (χ3v) is 7.33. The number of methoxy groups -OCH3 is 1. The van der Waals surface area contributed by atoms with Crippen molar-refractivity contribution in [3.05, 3.63) is 70.6 Å². The van der Waals surface area contributed by atoms with E-state index >= 15 is 0 Å². The minimum atomic E-state index is -0.390. The SMILES string of the molecule is COC(=O)c1cc2c(s1)c(-c1ccccc1)c(-c1ccc(Cl)cc1)n2CC(=O)N1CCOCC1. The van der Waals surface area contributed by atoms with Crippen molar-refractivity contribution in [1.29, 1.82) is 0 Å². The number of fused-ring (bicyclic) bond motifs is 1. The highest BCUT2D eigenvalue weighted by Gasteiger charge is 2.27. The first-order valence-corrected chi connectivity index (χ1v) is 12.2. The summed E-state index contributed by atoms with van der Waals surface area (Å²) in [4.78, 5) is 28.0. The normalized spacial score (nSPS) is 13.9. The Bertz CT molecular complexity index is 1340. The lowest BCUT2D eigenvalue weighted by Crippen LogP contribution is -2.42. The van der Waals surface area contributed by atoms with E-state index in [1.165, 1.54) is 18.4 Å². The third kappa shape index (κ3) is 4.22. The standard InChI is InChI=1S/C26H23ClN2O4S/c1-32-26(31)21-15-20-25(34-21)23(17-5-3-2-4-6-17)24(18-7-9-19(27)10-8-18)29(20)16-22(30)28-11-13-33-14-12-28/h2-10,15H,11-14,16H2,1H3. The summed E-state index contributed by atoms with van der Waals surface area (Å²) in [7, 11) is 1.37. The molecule has 1 amide bonds. The number of nitrogens with zero attached hydrogens (tertiary/aromatic N) is 2. The van der Waals surface area contributed by atoms with Crippen molar-refractivity contribution >= 4 is 45.0 Å². The van der Waals surface area contributed by atoms with Crippen LogP contribution < -0.4 is 0 Å². The molecule has 1 saturated heterocycles. The van der Waals surface area contributed by atoms with Crippen LogP contribution in [0.2, 0.25) is 5.02 Å². The summed E-state index contributed by atoms with van der Waals surface area (Å²) in [6.07, 6.45) is 0. The summed E-state index contributed by atoms with van der Waals surface area (Å²) in [5.41, 5.74) is 4.68. The van der Waals surface area contributed by atoms with Gasteiger partial charge in [0.05, 0.1) is 36.2 Å². The number of amides is 1. The number of hydrogen-bond acceptors (Lipinski definition) is 5. The fourth-order valence-electron chi connectivity index (χ4n) is 4.32. The molecule has 1 aliphatic heterocycles. The predicted molar refractivity (Wildman–Crippen MR) is 134 cm³/mol. The largest absolute Gasteiger partial charge is 0.465 e. The molecular formula is C26H23ClN2O4S. The Morgan fingerprint density at radius 3 is 2.41 bits per heavy atom. The Hall–Kier alpha value is -3.13. The van der Waals surface area contributed by atoms with E-state index in [4.69, 9.17) is 21.1 Å². The van der Waals surface area contributed by atoms with Crippen LogP contribution in [0.4, 0.5) is 0 Å². The molecule has 4 aromatic rings. The lowest BCUT2D eigenvalue weighted by atomic mass is 10.0. The average Bonchev–Trinajstić information content (AvgIpc) is 3.43.